The summed E-state index contributed by atoms with van der Waals surface area (Å²) >= 11 is 1.47. The van der Waals surface area contributed by atoms with Crippen LogP contribution in [0.1, 0.15) is 56.6 Å². The van der Waals surface area contributed by atoms with E-state index in [-0.39, 0.29) is 17.4 Å². The summed E-state index contributed by atoms with van der Waals surface area (Å²) in [7, 11) is 1.66. The molecular formula is C29H38N8O3S. The number of amides is 2. The van der Waals surface area contributed by atoms with Crippen LogP contribution in [-0.4, -0.2) is 73.4 Å². The zero-order valence-corrected chi connectivity index (χ0v) is 25.3. The third-order valence-electron chi connectivity index (χ3n) is 7.75. The maximum Gasteiger partial charge on any atom is 0.260 e. The molecule has 0 aliphatic carbocycles. The zero-order chi connectivity index (χ0) is 29.4. The van der Waals surface area contributed by atoms with Crippen molar-refractivity contribution in [3.05, 3.63) is 48.3 Å². The number of nitrogens with zero attached hydrogens (tertiary/aromatic N) is 6. The topological polar surface area (TPSA) is 119 Å². The minimum absolute atomic E-state index is 0.0851. The lowest BCUT2D eigenvalue weighted by Crippen LogP contribution is -2.47. The average Bonchev–Trinajstić information content (AvgIpc) is 3.69. The average molecular weight is 579 g/mol. The molecule has 0 aromatic carbocycles. The third kappa shape index (κ3) is 6.19. The molecule has 0 unspecified atom stereocenters. The van der Waals surface area contributed by atoms with Gasteiger partial charge in [0.05, 0.1) is 64.7 Å². The Morgan fingerprint density at radius 2 is 1.95 bits per heavy atom. The second kappa shape index (κ2) is 11.3. The van der Waals surface area contributed by atoms with Crippen LogP contribution in [0.3, 0.4) is 0 Å². The molecule has 11 nitrogen and oxygen atoms in total. The van der Waals surface area contributed by atoms with Crippen LogP contribution in [-0.2, 0) is 16.1 Å². The van der Waals surface area contributed by atoms with Gasteiger partial charge in [0.2, 0.25) is 5.91 Å². The number of aromatic nitrogens is 5. The van der Waals surface area contributed by atoms with Crippen LogP contribution >= 0.6 is 11.3 Å². The summed E-state index contributed by atoms with van der Waals surface area (Å²) in [6, 6.07) is 1.75. The molecule has 4 aromatic heterocycles. The Bertz CT molecular complexity index is 1570. The monoisotopic (exact) mass is 578 g/mol. The Kier molecular flexibility index (Phi) is 8.00. The first-order valence-electron chi connectivity index (χ1n) is 13.8. The quantitative estimate of drug-likeness (QED) is 0.280. The van der Waals surface area contributed by atoms with Gasteiger partial charge < -0.3 is 15.4 Å². The normalized spacial score (nSPS) is 15.5. The van der Waals surface area contributed by atoms with Crippen molar-refractivity contribution in [2.45, 2.75) is 59.5 Å². The number of aryl methyl sites for hydroxylation is 1. The minimum Gasteiger partial charge on any atom is -0.383 e. The maximum atomic E-state index is 13.3. The van der Waals surface area contributed by atoms with Crippen LogP contribution in [0.4, 0.5) is 11.4 Å². The van der Waals surface area contributed by atoms with Crippen LogP contribution in [0.2, 0.25) is 0 Å². The lowest BCUT2D eigenvalue weighted by Gasteiger charge is -2.37. The highest BCUT2D eigenvalue weighted by Crippen LogP contribution is 2.33. The highest BCUT2D eigenvalue weighted by Gasteiger charge is 2.38. The number of rotatable bonds is 10. The van der Waals surface area contributed by atoms with Gasteiger partial charge in [-0.2, -0.15) is 10.2 Å². The number of hydrogen-bond acceptors (Lipinski definition) is 8. The second-order valence-corrected chi connectivity index (χ2v) is 12.9. The molecule has 0 atom stereocenters. The molecule has 12 heteroatoms. The van der Waals surface area contributed by atoms with Gasteiger partial charge in [-0.25, -0.2) is 4.52 Å². The van der Waals surface area contributed by atoms with Crippen LogP contribution < -0.4 is 10.6 Å². The van der Waals surface area contributed by atoms with Crippen LogP contribution in [0.25, 0.3) is 15.3 Å². The van der Waals surface area contributed by atoms with Gasteiger partial charge >= 0.3 is 0 Å². The van der Waals surface area contributed by atoms with E-state index in [0.29, 0.717) is 42.3 Å². The smallest absolute Gasteiger partial charge is 0.260 e. The number of likely N-dealkylation sites (tertiary alicyclic amines) is 1. The third-order valence-corrected chi connectivity index (χ3v) is 8.91. The van der Waals surface area contributed by atoms with Crippen molar-refractivity contribution in [3.63, 3.8) is 0 Å². The van der Waals surface area contributed by atoms with E-state index in [0.717, 1.165) is 34.7 Å². The number of hydrogen-bond donors (Lipinski definition) is 2. The number of methoxy groups -OCH3 is 1. The number of pyridine rings is 1. The largest absolute Gasteiger partial charge is 0.383 e. The van der Waals surface area contributed by atoms with Crippen molar-refractivity contribution >= 4 is 39.4 Å². The van der Waals surface area contributed by atoms with Crippen molar-refractivity contribution in [2.75, 3.05) is 37.4 Å². The predicted octanol–water partition coefficient (Wildman–Crippen LogP) is 4.70. The number of nitrogens with one attached hydrogen (secondary N) is 2. The molecule has 41 heavy (non-hydrogen) atoms. The first-order valence-corrected chi connectivity index (χ1v) is 14.6. The van der Waals surface area contributed by atoms with Gasteiger partial charge in [-0.1, -0.05) is 0 Å². The highest BCUT2D eigenvalue weighted by molar-refractivity contribution is 7.21. The van der Waals surface area contributed by atoms with Crippen LogP contribution in [0.5, 0.6) is 0 Å². The highest BCUT2D eigenvalue weighted by atomic mass is 32.1. The number of thiazole rings is 1. The Hall–Kier alpha value is -3.61. The lowest BCUT2D eigenvalue weighted by molar-refractivity contribution is -0.125. The molecule has 4 aromatic rings. The maximum absolute atomic E-state index is 13.3. The van der Waals surface area contributed by atoms with Crippen molar-refractivity contribution in [2.24, 2.45) is 5.41 Å². The van der Waals surface area contributed by atoms with Gasteiger partial charge in [0.15, 0.2) is 0 Å². The molecule has 5 rings (SSSR count). The van der Waals surface area contributed by atoms with Gasteiger partial charge in [-0.05, 0) is 60.1 Å². The lowest BCUT2D eigenvalue weighted by atomic mass is 9.89. The Morgan fingerprint density at radius 1 is 1.15 bits per heavy atom. The van der Waals surface area contributed by atoms with Crippen LogP contribution in [0.15, 0.2) is 37.1 Å². The molecule has 0 saturated carbocycles. The first-order chi connectivity index (χ1) is 19.5. The summed E-state index contributed by atoms with van der Waals surface area (Å²) in [5, 5.41) is 14.7. The van der Waals surface area contributed by atoms with E-state index in [1.807, 2.05) is 37.8 Å². The molecule has 1 aliphatic heterocycles. The van der Waals surface area contributed by atoms with E-state index in [1.165, 1.54) is 11.3 Å². The van der Waals surface area contributed by atoms with Gasteiger partial charge in [0.1, 0.15) is 4.83 Å². The Morgan fingerprint density at radius 3 is 2.68 bits per heavy atom. The predicted molar refractivity (Wildman–Crippen MR) is 160 cm³/mol. The molecule has 1 fully saturated rings. The minimum atomic E-state index is -0.600. The van der Waals surface area contributed by atoms with E-state index < -0.39 is 5.41 Å². The Labute approximate surface area is 243 Å². The van der Waals surface area contributed by atoms with E-state index in [9.17, 15) is 9.59 Å². The number of anilines is 2. The SMILES string of the molecule is COCCn1cc(-c2cn3ncc(C(=O)Nc4cc(NC(=O)C(C)(C)CN5CCCC5(C)C)cnc4C)c3s2)cn1. The summed E-state index contributed by atoms with van der Waals surface area (Å²) in [5.74, 6) is -0.382. The first kappa shape index (κ1) is 28.9. The fourth-order valence-electron chi connectivity index (χ4n) is 5.10. The molecule has 0 bridgehead atoms. The fraction of sp³-hybridized carbons (Fsp3) is 0.483. The van der Waals surface area contributed by atoms with Gasteiger partial charge in [-0.3, -0.25) is 24.2 Å². The van der Waals surface area contributed by atoms with Crippen LogP contribution in [0, 0.1) is 12.3 Å². The Balaban J connectivity index is 1.28. The van der Waals surface area contributed by atoms with E-state index in [1.54, 1.807) is 36.3 Å². The number of carbonyl (C=O) groups excluding carboxylic acids is 2. The second-order valence-electron chi connectivity index (χ2n) is 11.9. The standard InChI is InChI=1S/C29H38N8O3S/c1-19-23(12-21(14-30-19)33-27(39)28(2,3)18-35-9-7-8-29(35,4)5)34-25(38)22-15-32-37-17-24(41-26(22)37)20-13-31-36(16-20)10-11-40-6/h12-17H,7-11,18H2,1-6H3,(H,33,39)(H,34,38). The summed E-state index contributed by atoms with van der Waals surface area (Å²) in [6.45, 7) is 13.1. The van der Waals surface area contributed by atoms with Gasteiger partial charge in [-0.15, -0.1) is 11.3 Å². The summed E-state index contributed by atoms with van der Waals surface area (Å²) in [5.41, 5.74) is 2.61. The summed E-state index contributed by atoms with van der Waals surface area (Å²) < 4.78 is 8.65. The molecular weight excluding hydrogens is 540 g/mol. The number of carbonyl (C=O) groups is 2. The zero-order valence-electron chi connectivity index (χ0n) is 24.5. The van der Waals surface area contributed by atoms with Crippen molar-refractivity contribution in [3.8, 4) is 10.4 Å². The molecule has 218 valence electrons. The van der Waals surface area contributed by atoms with Crippen molar-refractivity contribution < 1.29 is 14.3 Å². The summed E-state index contributed by atoms with van der Waals surface area (Å²) in [6.07, 6.45) is 11.1. The molecule has 0 radical (unpaired) electrons. The summed E-state index contributed by atoms with van der Waals surface area (Å²) in [4.78, 5) is 35.1. The molecule has 5 heterocycles. The molecule has 2 amide bonds. The molecule has 1 saturated heterocycles. The van der Waals surface area contributed by atoms with E-state index in [4.69, 9.17) is 4.74 Å². The van der Waals surface area contributed by atoms with Crippen molar-refractivity contribution in [1.82, 2.24) is 29.3 Å². The fourth-order valence-corrected chi connectivity index (χ4v) is 6.13. The molecule has 1 aliphatic rings. The van der Waals surface area contributed by atoms with Gasteiger partial charge in [0, 0.05) is 37.2 Å². The molecule has 0 spiro atoms. The number of ether oxygens (including phenoxy) is 1. The molecule has 2 N–H and O–H groups in total. The number of fused-ring (bicyclic) bond motifs is 1. The van der Waals surface area contributed by atoms with E-state index in [2.05, 4.69) is 44.6 Å². The van der Waals surface area contributed by atoms with E-state index >= 15 is 0 Å². The van der Waals surface area contributed by atoms with Crippen molar-refractivity contribution in [1.29, 1.82) is 0 Å². The van der Waals surface area contributed by atoms with Gasteiger partial charge in [0.25, 0.3) is 5.91 Å².